The van der Waals surface area contributed by atoms with Gasteiger partial charge in [0.05, 0.1) is 14.2 Å². The molecule has 3 rings (SSSR count). The molecule has 2 heterocycles. The first-order valence-corrected chi connectivity index (χ1v) is 6.83. The minimum Gasteiger partial charge on any atom is -0.360 e. The van der Waals surface area contributed by atoms with Crippen LogP contribution in [-0.2, 0) is 0 Å². The molecule has 0 radical (unpaired) electrons. The third-order valence-electron chi connectivity index (χ3n) is 2.70. The third-order valence-corrected chi connectivity index (χ3v) is 4.32. The number of rotatable bonds is 2. The second-order valence-electron chi connectivity index (χ2n) is 3.80. The molecule has 0 saturated heterocycles. The van der Waals surface area contributed by atoms with E-state index in [0.29, 0.717) is 21.3 Å². The van der Waals surface area contributed by atoms with Crippen molar-refractivity contribution >= 4 is 44.0 Å². The maximum atomic E-state index is 13.8. The Morgan fingerprint density at radius 2 is 2.11 bits per heavy atom. The Balaban J connectivity index is 2.18. The number of aromatic nitrogens is 1. The van der Waals surface area contributed by atoms with Gasteiger partial charge in [0.15, 0.2) is 0 Å². The van der Waals surface area contributed by atoms with E-state index in [9.17, 15) is 9.18 Å². The van der Waals surface area contributed by atoms with E-state index >= 15 is 0 Å². The fraction of sp³-hybridized carbons (Fsp3) is 0. The zero-order valence-corrected chi connectivity index (χ0v) is 11.4. The van der Waals surface area contributed by atoms with Gasteiger partial charge >= 0.3 is 0 Å². The minimum absolute atomic E-state index is 0.165. The Morgan fingerprint density at radius 3 is 2.83 bits per heavy atom. The monoisotopic (exact) mass is 323 g/mol. The fourth-order valence-electron chi connectivity index (χ4n) is 1.89. The molecule has 0 aliphatic carbocycles. The second-order valence-corrected chi connectivity index (χ2v) is 6.26. The molecule has 0 unspecified atom stereocenters. The zero-order valence-electron chi connectivity index (χ0n) is 9.04. The summed E-state index contributed by atoms with van der Waals surface area (Å²) >= 11 is 4.65. The number of thiophene rings is 1. The molecule has 2 nitrogen and oxygen atoms in total. The van der Waals surface area contributed by atoms with E-state index in [0.717, 1.165) is 3.79 Å². The minimum atomic E-state index is -0.382. The molecule has 0 aliphatic rings. The van der Waals surface area contributed by atoms with Crippen molar-refractivity contribution in [3.8, 4) is 0 Å². The van der Waals surface area contributed by atoms with Crippen molar-refractivity contribution in [3.63, 3.8) is 0 Å². The van der Waals surface area contributed by atoms with Crippen molar-refractivity contribution in [1.82, 2.24) is 4.98 Å². The highest BCUT2D eigenvalue weighted by Gasteiger charge is 2.18. The molecule has 0 atom stereocenters. The van der Waals surface area contributed by atoms with Crippen LogP contribution in [0.5, 0.6) is 0 Å². The summed E-state index contributed by atoms with van der Waals surface area (Å²) in [6.45, 7) is 0. The lowest BCUT2D eigenvalue weighted by Gasteiger charge is -1.97. The van der Waals surface area contributed by atoms with Crippen molar-refractivity contribution in [2.24, 2.45) is 0 Å². The first kappa shape index (κ1) is 11.6. The molecular weight excluding hydrogens is 317 g/mol. The van der Waals surface area contributed by atoms with E-state index in [1.807, 2.05) is 6.07 Å². The number of carbonyl (C=O) groups is 1. The van der Waals surface area contributed by atoms with Gasteiger partial charge in [0.2, 0.25) is 5.78 Å². The standard InChI is InChI=1S/C13H7BrFNOS/c14-11-5-4-10(18-11)13(17)7-6-16-9-3-1-2-8(15)12(7)9/h1-6,16H. The molecule has 0 amide bonds. The number of H-pyrrole nitrogens is 1. The van der Waals surface area contributed by atoms with Crippen molar-refractivity contribution in [2.75, 3.05) is 0 Å². The Labute approximate surface area is 115 Å². The van der Waals surface area contributed by atoms with Gasteiger partial charge in [-0.2, -0.15) is 0 Å². The summed E-state index contributed by atoms with van der Waals surface area (Å²) in [7, 11) is 0. The molecule has 2 aromatic heterocycles. The van der Waals surface area contributed by atoms with Crippen molar-refractivity contribution < 1.29 is 9.18 Å². The molecule has 0 aliphatic heterocycles. The summed E-state index contributed by atoms with van der Waals surface area (Å²) < 4.78 is 14.7. The average Bonchev–Trinajstić information content (AvgIpc) is 2.95. The average molecular weight is 324 g/mol. The SMILES string of the molecule is O=C(c1ccc(Br)s1)c1c[nH]c2cccc(F)c12. The number of nitrogens with one attached hydrogen (secondary N) is 1. The van der Waals surface area contributed by atoms with Gasteiger partial charge in [0, 0.05) is 17.1 Å². The molecule has 0 bridgehead atoms. The highest BCUT2D eigenvalue weighted by molar-refractivity contribution is 9.11. The van der Waals surface area contributed by atoms with Gasteiger partial charge in [-0.05, 0) is 40.2 Å². The van der Waals surface area contributed by atoms with Gasteiger partial charge in [-0.15, -0.1) is 11.3 Å². The van der Waals surface area contributed by atoms with E-state index in [1.54, 1.807) is 24.4 Å². The number of hydrogen-bond acceptors (Lipinski definition) is 2. The number of carbonyl (C=O) groups excluding carboxylic acids is 1. The Hall–Kier alpha value is -1.46. The van der Waals surface area contributed by atoms with Crippen LogP contribution < -0.4 is 0 Å². The predicted octanol–water partition coefficient (Wildman–Crippen LogP) is 4.36. The Kier molecular flexibility index (Phi) is 2.80. The normalized spacial score (nSPS) is 11.0. The maximum absolute atomic E-state index is 13.8. The molecule has 18 heavy (non-hydrogen) atoms. The number of halogens is 2. The zero-order chi connectivity index (χ0) is 12.7. The van der Waals surface area contributed by atoms with E-state index in [-0.39, 0.29) is 11.6 Å². The largest absolute Gasteiger partial charge is 0.360 e. The number of aromatic amines is 1. The quantitative estimate of drug-likeness (QED) is 0.698. The molecule has 3 aromatic rings. The van der Waals surface area contributed by atoms with E-state index in [2.05, 4.69) is 20.9 Å². The van der Waals surface area contributed by atoms with Crippen LogP contribution >= 0.6 is 27.3 Å². The summed E-state index contributed by atoms with van der Waals surface area (Å²) in [5.41, 5.74) is 1.01. The van der Waals surface area contributed by atoms with Crippen LogP contribution in [-0.4, -0.2) is 10.8 Å². The number of fused-ring (bicyclic) bond motifs is 1. The molecule has 90 valence electrons. The number of benzene rings is 1. The van der Waals surface area contributed by atoms with Gasteiger partial charge < -0.3 is 4.98 Å². The van der Waals surface area contributed by atoms with Crippen LogP contribution in [0.15, 0.2) is 40.3 Å². The van der Waals surface area contributed by atoms with Crippen LogP contribution in [0, 0.1) is 5.82 Å². The molecule has 0 fully saturated rings. The van der Waals surface area contributed by atoms with E-state index < -0.39 is 0 Å². The topological polar surface area (TPSA) is 32.9 Å². The molecule has 0 saturated carbocycles. The van der Waals surface area contributed by atoms with E-state index in [1.165, 1.54) is 17.4 Å². The van der Waals surface area contributed by atoms with Gasteiger partial charge in [0.25, 0.3) is 0 Å². The second kappa shape index (κ2) is 4.33. The number of ketones is 1. The van der Waals surface area contributed by atoms with Crippen LogP contribution in [0.3, 0.4) is 0 Å². The Morgan fingerprint density at radius 1 is 1.28 bits per heavy atom. The van der Waals surface area contributed by atoms with Crippen molar-refractivity contribution in [1.29, 1.82) is 0 Å². The summed E-state index contributed by atoms with van der Waals surface area (Å²) in [6, 6.07) is 8.26. The van der Waals surface area contributed by atoms with Crippen molar-refractivity contribution in [3.05, 3.63) is 56.6 Å². The molecule has 5 heteroatoms. The summed E-state index contributed by atoms with van der Waals surface area (Å²) in [4.78, 5) is 15.8. The van der Waals surface area contributed by atoms with Crippen molar-refractivity contribution in [2.45, 2.75) is 0 Å². The third kappa shape index (κ3) is 1.79. The van der Waals surface area contributed by atoms with Gasteiger partial charge in [-0.1, -0.05) is 6.07 Å². The van der Waals surface area contributed by atoms with Crippen LogP contribution in [0.4, 0.5) is 4.39 Å². The van der Waals surface area contributed by atoms with Gasteiger partial charge in [-0.25, -0.2) is 4.39 Å². The smallest absolute Gasteiger partial charge is 0.205 e. The predicted molar refractivity (Wildman–Crippen MR) is 73.7 cm³/mol. The highest BCUT2D eigenvalue weighted by atomic mass is 79.9. The first-order chi connectivity index (χ1) is 8.66. The first-order valence-electron chi connectivity index (χ1n) is 5.22. The number of hydrogen-bond donors (Lipinski definition) is 1. The highest BCUT2D eigenvalue weighted by Crippen LogP contribution is 2.28. The summed E-state index contributed by atoms with van der Waals surface area (Å²) in [5, 5.41) is 0.354. The fourth-order valence-corrected chi connectivity index (χ4v) is 3.23. The van der Waals surface area contributed by atoms with Crippen LogP contribution in [0.1, 0.15) is 15.2 Å². The van der Waals surface area contributed by atoms with Gasteiger partial charge in [-0.3, -0.25) is 4.79 Å². The van der Waals surface area contributed by atoms with Gasteiger partial charge in [0.1, 0.15) is 5.82 Å². The summed E-state index contributed by atoms with van der Waals surface area (Å²) in [6.07, 6.45) is 1.56. The Bertz CT molecular complexity index is 746. The van der Waals surface area contributed by atoms with Crippen LogP contribution in [0.2, 0.25) is 0 Å². The lowest BCUT2D eigenvalue weighted by molar-refractivity contribution is 0.104. The molecular formula is C13H7BrFNOS. The summed E-state index contributed by atoms with van der Waals surface area (Å²) in [5.74, 6) is -0.547. The molecule has 0 spiro atoms. The maximum Gasteiger partial charge on any atom is 0.205 e. The molecule has 1 aromatic carbocycles. The van der Waals surface area contributed by atoms with Crippen LogP contribution in [0.25, 0.3) is 10.9 Å². The molecule has 1 N–H and O–H groups in total. The van der Waals surface area contributed by atoms with E-state index in [4.69, 9.17) is 0 Å². The lowest BCUT2D eigenvalue weighted by atomic mass is 10.1. The lowest BCUT2D eigenvalue weighted by Crippen LogP contribution is -1.97.